The van der Waals surface area contributed by atoms with Gasteiger partial charge in [-0.2, -0.15) is 0 Å². The molecule has 1 aromatic heterocycles. The molecule has 0 unspecified atom stereocenters. The van der Waals surface area contributed by atoms with Crippen LogP contribution in [0.5, 0.6) is 5.88 Å². The molecule has 0 bridgehead atoms. The maximum absolute atomic E-state index is 11.5. The lowest BCUT2D eigenvalue weighted by Gasteiger charge is -2.17. The summed E-state index contributed by atoms with van der Waals surface area (Å²) in [5, 5.41) is 3.37. The van der Waals surface area contributed by atoms with Crippen LogP contribution in [0.2, 0.25) is 0 Å². The number of aromatic nitrogens is 1. The third kappa shape index (κ3) is 3.76. The molecule has 6 heteroatoms. The van der Waals surface area contributed by atoms with Gasteiger partial charge in [0.25, 0.3) is 0 Å². The van der Waals surface area contributed by atoms with Crippen molar-refractivity contribution in [3.8, 4) is 5.88 Å². The molecule has 0 radical (unpaired) electrons. The van der Waals surface area contributed by atoms with Crippen molar-refractivity contribution in [2.75, 3.05) is 18.7 Å². The third-order valence-corrected chi connectivity index (χ3v) is 4.58. The summed E-state index contributed by atoms with van der Waals surface area (Å²) >= 11 is 0. The number of anilines is 1. The minimum Gasteiger partial charge on any atom is -0.481 e. The van der Waals surface area contributed by atoms with E-state index in [2.05, 4.69) is 10.3 Å². The Morgan fingerprint density at radius 1 is 1.14 bits per heavy atom. The number of hydrogen-bond acceptors (Lipinski definition) is 5. The summed E-state index contributed by atoms with van der Waals surface area (Å²) in [5.74, 6) is 0.577. The Bertz CT molecular complexity index is 755. The Morgan fingerprint density at radius 3 is 2.27 bits per heavy atom. The molecule has 0 spiro atoms. The zero-order valence-electron chi connectivity index (χ0n) is 13.1. The fraction of sp³-hybridized carbons (Fsp3) is 0.312. The lowest BCUT2D eigenvalue weighted by molar-refractivity contribution is 0.397. The van der Waals surface area contributed by atoms with E-state index in [0.29, 0.717) is 10.8 Å². The molecule has 1 N–H and O–H groups in total. The van der Waals surface area contributed by atoms with Gasteiger partial charge in [0.05, 0.1) is 23.4 Å². The van der Waals surface area contributed by atoms with E-state index in [-0.39, 0.29) is 6.04 Å². The number of nitrogens with one attached hydrogen (secondary N) is 1. The van der Waals surface area contributed by atoms with Gasteiger partial charge in [-0.1, -0.05) is 12.1 Å². The average molecular weight is 320 g/mol. The summed E-state index contributed by atoms with van der Waals surface area (Å²) < 4.78 is 28.0. The number of sulfone groups is 1. The lowest BCUT2D eigenvalue weighted by Crippen LogP contribution is -2.09. The fourth-order valence-electron chi connectivity index (χ4n) is 2.12. The molecule has 0 saturated carbocycles. The van der Waals surface area contributed by atoms with Crippen LogP contribution in [0.15, 0.2) is 41.3 Å². The van der Waals surface area contributed by atoms with Crippen molar-refractivity contribution in [3.05, 3.63) is 47.7 Å². The first-order chi connectivity index (χ1) is 10.3. The van der Waals surface area contributed by atoms with Crippen LogP contribution in [0.25, 0.3) is 0 Å². The number of aryl methyl sites for hydroxylation is 1. The fourth-order valence-corrected chi connectivity index (χ4v) is 2.76. The topological polar surface area (TPSA) is 68.3 Å². The molecule has 1 heterocycles. The minimum absolute atomic E-state index is 0.0301. The van der Waals surface area contributed by atoms with E-state index >= 15 is 0 Å². The van der Waals surface area contributed by atoms with Gasteiger partial charge in [-0.05, 0) is 37.6 Å². The van der Waals surface area contributed by atoms with Gasteiger partial charge in [-0.15, -0.1) is 0 Å². The number of rotatable bonds is 5. The van der Waals surface area contributed by atoms with Crippen molar-refractivity contribution in [2.24, 2.45) is 0 Å². The van der Waals surface area contributed by atoms with Crippen molar-refractivity contribution in [3.63, 3.8) is 0 Å². The van der Waals surface area contributed by atoms with Gasteiger partial charge in [-0.3, -0.25) is 0 Å². The summed E-state index contributed by atoms with van der Waals surface area (Å²) in [6, 6.07) is 10.6. The molecule has 0 saturated heterocycles. The maximum atomic E-state index is 11.5. The van der Waals surface area contributed by atoms with Crippen molar-refractivity contribution in [1.29, 1.82) is 0 Å². The Morgan fingerprint density at radius 2 is 1.77 bits per heavy atom. The van der Waals surface area contributed by atoms with E-state index < -0.39 is 9.84 Å². The first kappa shape index (κ1) is 16.3. The number of nitrogens with zero attached hydrogens (tertiary/aromatic N) is 1. The SMILES string of the molecule is COc1ccc(N[C@H](C)c2ccc(S(C)(=O)=O)cc2)c(C)n1. The highest BCUT2D eigenvalue weighted by atomic mass is 32.2. The highest BCUT2D eigenvalue weighted by molar-refractivity contribution is 7.90. The van der Waals surface area contributed by atoms with Crippen molar-refractivity contribution >= 4 is 15.5 Å². The average Bonchev–Trinajstić information content (AvgIpc) is 2.48. The van der Waals surface area contributed by atoms with Gasteiger partial charge in [-0.25, -0.2) is 13.4 Å². The predicted molar refractivity (Wildman–Crippen MR) is 87.1 cm³/mol. The van der Waals surface area contributed by atoms with Crippen LogP contribution in [0.3, 0.4) is 0 Å². The van der Waals surface area contributed by atoms with Gasteiger partial charge < -0.3 is 10.1 Å². The first-order valence-electron chi connectivity index (χ1n) is 6.89. The molecule has 5 nitrogen and oxygen atoms in total. The molecule has 0 amide bonds. The lowest BCUT2D eigenvalue weighted by atomic mass is 10.1. The number of pyridine rings is 1. The van der Waals surface area contributed by atoms with Crippen LogP contribution in [0.1, 0.15) is 24.2 Å². The number of methoxy groups -OCH3 is 1. The van der Waals surface area contributed by atoms with Gasteiger partial charge in [0, 0.05) is 18.4 Å². The summed E-state index contributed by atoms with van der Waals surface area (Å²) in [7, 11) is -1.58. The Kier molecular flexibility index (Phi) is 4.71. The van der Waals surface area contributed by atoms with E-state index in [9.17, 15) is 8.42 Å². The standard InChI is InChI=1S/C16H20N2O3S/c1-11(13-5-7-14(8-6-13)22(4,19)20)17-15-9-10-16(21-3)18-12(15)2/h5-11,17H,1-4H3/t11-/m1/s1. The van der Waals surface area contributed by atoms with E-state index in [1.807, 2.05) is 32.0 Å². The van der Waals surface area contributed by atoms with Gasteiger partial charge in [0.2, 0.25) is 5.88 Å². The smallest absolute Gasteiger partial charge is 0.213 e. The molecule has 0 fully saturated rings. The monoisotopic (exact) mass is 320 g/mol. The maximum Gasteiger partial charge on any atom is 0.213 e. The zero-order chi connectivity index (χ0) is 16.3. The van der Waals surface area contributed by atoms with Crippen LogP contribution in [-0.2, 0) is 9.84 Å². The summed E-state index contributed by atoms with van der Waals surface area (Å²) in [6.07, 6.45) is 1.20. The molecule has 0 aliphatic heterocycles. The molecule has 118 valence electrons. The second kappa shape index (κ2) is 6.36. The molecule has 1 aromatic carbocycles. The Balaban J connectivity index is 2.17. The second-order valence-electron chi connectivity index (χ2n) is 5.19. The summed E-state index contributed by atoms with van der Waals surface area (Å²) in [6.45, 7) is 3.92. The van der Waals surface area contributed by atoms with Crippen LogP contribution in [0.4, 0.5) is 5.69 Å². The molecular weight excluding hydrogens is 300 g/mol. The zero-order valence-corrected chi connectivity index (χ0v) is 13.9. The van der Waals surface area contributed by atoms with E-state index in [0.717, 1.165) is 16.9 Å². The largest absolute Gasteiger partial charge is 0.481 e. The normalized spacial score (nSPS) is 12.7. The van der Waals surface area contributed by atoms with Crippen LogP contribution in [0, 0.1) is 6.92 Å². The Hall–Kier alpha value is -2.08. The van der Waals surface area contributed by atoms with Crippen LogP contribution in [-0.4, -0.2) is 26.8 Å². The van der Waals surface area contributed by atoms with E-state index in [4.69, 9.17) is 4.74 Å². The molecule has 0 aliphatic rings. The van der Waals surface area contributed by atoms with Crippen molar-refractivity contribution in [2.45, 2.75) is 24.8 Å². The Labute approximate surface area is 131 Å². The van der Waals surface area contributed by atoms with E-state index in [1.165, 1.54) is 6.26 Å². The van der Waals surface area contributed by atoms with Gasteiger partial charge >= 0.3 is 0 Å². The number of ether oxygens (including phenoxy) is 1. The number of benzene rings is 1. The molecule has 1 atom stereocenters. The first-order valence-corrected chi connectivity index (χ1v) is 8.78. The third-order valence-electron chi connectivity index (χ3n) is 3.45. The van der Waals surface area contributed by atoms with Gasteiger partial charge in [0.1, 0.15) is 0 Å². The quantitative estimate of drug-likeness (QED) is 0.917. The van der Waals surface area contributed by atoms with Crippen LogP contribution >= 0.6 is 0 Å². The van der Waals surface area contributed by atoms with Crippen LogP contribution < -0.4 is 10.1 Å². The molecule has 2 aromatic rings. The summed E-state index contributed by atoms with van der Waals surface area (Å²) in [5.41, 5.74) is 2.77. The van der Waals surface area contributed by atoms with Gasteiger partial charge in [0.15, 0.2) is 9.84 Å². The molecule has 22 heavy (non-hydrogen) atoms. The van der Waals surface area contributed by atoms with Crippen molar-refractivity contribution in [1.82, 2.24) is 4.98 Å². The minimum atomic E-state index is -3.16. The molecule has 0 aliphatic carbocycles. The highest BCUT2D eigenvalue weighted by Crippen LogP contribution is 2.24. The molecule has 2 rings (SSSR count). The predicted octanol–water partition coefficient (Wildman–Crippen LogP) is 2.98. The number of hydrogen-bond donors (Lipinski definition) is 1. The highest BCUT2D eigenvalue weighted by Gasteiger charge is 2.11. The van der Waals surface area contributed by atoms with Crippen molar-refractivity contribution < 1.29 is 13.2 Å². The summed E-state index contributed by atoms with van der Waals surface area (Å²) in [4.78, 5) is 4.65. The molecular formula is C16H20N2O3S. The van der Waals surface area contributed by atoms with E-state index in [1.54, 1.807) is 25.3 Å². The second-order valence-corrected chi connectivity index (χ2v) is 7.21.